The summed E-state index contributed by atoms with van der Waals surface area (Å²) in [5.41, 5.74) is 0.546. The highest BCUT2D eigenvalue weighted by molar-refractivity contribution is 6.76. The smallest absolute Gasteiger partial charge is 0.148 e. The van der Waals surface area contributed by atoms with Crippen molar-refractivity contribution in [2.24, 2.45) is 11.8 Å². The van der Waals surface area contributed by atoms with Crippen molar-refractivity contribution in [3.63, 3.8) is 0 Å². The highest BCUT2D eigenvalue weighted by Gasteiger charge is 2.32. The van der Waals surface area contributed by atoms with Gasteiger partial charge in [0.15, 0.2) is 0 Å². The van der Waals surface area contributed by atoms with E-state index in [0.29, 0.717) is 24.9 Å². The number of hydrogen-bond donors (Lipinski definition) is 0. The predicted molar refractivity (Wildman–Crippen MR) is 96.4 cm³/mol. The maximum atomic E-state index is 11.0. The zero-order valence-electron chi connectivity index (χ0n) is 15.5. The van der Waals surface area contributed by atoms with Crippen molar-refractivity contribution in [2.45, 2.75) is 64.6 Å². The van der Waals surface area contributed by atoms with Crippen LogP contribution in [0.2, 0.25) is 25.7 Å². The normalized spacial score (nSPS) is 26.7. The number of carbonyl (C=O) groups is 1. The second-order valence-electron chi connectivity index (χ2n) is 8.03. The summed E-state index contributed by atoms with van der Waals surface area (Å²) in [4.78, 5) is 11.0. The van der Waals surface area contributed by atoms with Crippen LogP contribution in [0.1, 0.15) is 26.7 Å². The molecule has 0 aromatic heterocycles. The molecule has 134 valence electrons. The number of rotatable bonds is 10. The molecular weight excluding hydrogens is 308 g/mol. The molecule has 0 N–H and O–H groups in total. The fourth-order valence-electron chi connectivity index (χ4n) is 2.75. The fourth-order valence-corrected chi connectivity index (χ4v) is 3.50. The largest absolute Gasteiger partial charge is 0.370 e. The van der Waals surface area contributed by atoms with Crippen LogP contribution in [-0.4, -0.2) is 46.6 Å². The van der Waals surface area contributed by atoms with Crippen molar-refractivity contribution in [2.75, 3.05) is 20.0 Å². The van der Waals surface area contributed by atoms with Crippen molar-refractivity contribution in [1.29, 1.82) is 0 Å². The van der Waals surface area contributed by atoms with Crippen molar-refractivity contribution >= 4 is 14.4 Å². The Hall–Kier alpha value is -0.493. The minimum absolute atomic E-state index is 0.120. The molecule has 0 amide bonds. The van der Waals surface area contributed by atoms with Gasteiger partial charge >= 0.3 is 0 Å². The molecule has 0 unspecified atom stereocenters. The average molecular weight is 343 g/mol. The Morgan fingerprint density at radius 3 is 2.65 bits per heavy atom. The van der Waals surface area contributed by atoms with E-state index >= 15 is 0 Å². The van der Waals surface area contributed by atoms with E-state index in [-0.39, 0.29) is 18.1 Å². The molecule has 0 aliphatic carbocycles. The van der Waals surface area contributed by atoms with E-state index in [2.05, 4.69) is 40.1 Å². The third-order valence-electron chi connectivity index (χ3n) is 4.44. The van der Waals surface area contributed by atoms with E-state index in [1.165, 1.54) is 0 Å². The van der Waals surface area contributed by atoms with Crippen LogP contribution in [0.25, 0.3) is 0 Å². The van der Waals surface area contributed by atoms with Crippen LogP contribution >= 0.6 is 0 Å². The molecular formula is C18H34O4Si. The van der Waals surface area contributed by atoms with Crippen molar-refractivity contribution in [1.82, 2.24) is 0 Å². The Kier molecular flexibility index (Phi) is 8.68. The molecule has 1 aliphatic rings. The van der Waals surface area contributed by atoms with E-state index in [9.17, 15) is 4.79 Å². The molecule has 1 heterocycles. The molecule has 0 aromatic carbocycles. The maximum absolute atomic E-state index is 11.0. The van der Waals surface area contributed by atoms with Gasteiger partial charge in [-0.2, -0.15) is 0 Å². The van der Waals surface area contributed by atoms with Gasteiger partial charge in [0.05, 0.1) is 18.8 Å². The molecule has 1 saturated heterocycles. The van der Waals surface area contributed by atoms with Crippen LogP contribution in [-0.2, 0) is 19.0 Å². The fraction of sp³-hybridized carbons (Fsp3) is 0.833. The summed E-state index contributed by atoms with van der Waals surface area (Å²) in [6.45, 7) is 16.8. The molecule has 0 saturated carbocycles. The Morgan fingerprint density at radius 1 is 1.35 bits per heavy atom. The Morgan fingerprint density at radius 2 is 2.04 bits per heavy atom. The van der Waals surface area contributed by atoms with Gasteiger partial charge in [0.1, 0.15) is 13.1 Å². The first-order valence-corrected chi connectivity index (χ1v) is 12.4. The Bertz CT molecular complexity index is 378. The number of aldehydes is 1. The first-order chi connectivity index (χ1) is 10.7. The van der Waals surface area contributed by atoms with Gasteiger partial charge in [0, 0.05) is 26.2 Å². The molecule has 5 heteroatoms. The second kappa shape index (κ2) is 9.72. The summed E-state index contributed by atoms with van der Waals surface area (Å²) in [7, 11) is -1.03. The Labute approximate surface area is 142 Å². The lowest BCUT2D eigenvalue weighted by atomic mass is 9.86. The van der Waals surface area contributed by atoms with Crippen LogP contribution in [0.5, 0.6) is 0 Å². The van der Waals surface area contributed by atoms with Gasteiger partial charge < -0.3 is 14.2 Å². The van der Waals surface area contributed by atoms with E-state index in [4.69, 9.17) is 14.2 Å². The monoisotopic (exact) mass is 342 g/mol. The van der Waals surface area contributed by atoms with Gasteiger partial charge in [-0.3, -0.25) is 4.79 Å². The van der Waals surface area contributed by atoms with Crippen LogP contribution < -0.4 is 0 Å². The molecule has 0 radical (unpaired) electrons. The molecule has 1 aliphatic heterocycles. The van der Waals surface area contributed by atoms with Gasteiger partial charge in [0.25, 0.3) is 0 Å². The summed E-state index contributed by atoms with van der Waals surface area (Å²) in [5, 5.41) is 0. The van der Waals surface area contributed by atoms with E-state index in [1.807, 2.05) is 0 Å². The molecule has 1 rings (SSSR count). The van der Waals surface area contributed by atoms with Gasteiger partial charge in [0.2, 0.25) is 0 Å². The standard InChI is InChI=1S/C18H34O4Si/c1-14-7-8-17(22-18(14)15(2)11-19)16(3)12-21-13-20-9-10-23(4,5)6/h11,14,16-18H,2,7-10,12-13H2,1,3-6H3/t14-,16-,17+,18+/m0/s1. The van der Waals surface area contributed by atoms with Crippen LogP contribution in [0.3, 0.4) is 0 Å². The number of ether oxygens (including phenoxy) is 3. The maximum Gasteiger partial charge on any atom is 0.148 e. The molecule has 0 bridgehead atoms. The Balaban J connectivity index is 2.25. The lowest BCUT2D eigenvalue weighted by Gasteiger charge is -2.37. The van der Waals surface area contributed by atoms with Crippen LogP contribution in [0, 0.1) is 11.8 Å². The SMILES string of the molecule is C=C(C=O)[C@@H]1O[C@@H]([C@@H](C)COCOCC[Si](C)(C)C)CC[C@@H]1C. The van der Waals surface area contributed by atoms with Gasteiger partial charge in [-0.05, 0) is 24.8 Å². The first-order valence-electron chi connectivity index (χ1n) is 8.69. The molecule has 4 atom stereocenters. The molecule has 1 fully saturated rings. The summed E-state index contributed by atoms with van der Waals surface area (Å²) in [6, 6.07) is 1.16. The molecule has 0 spiro atoms. The number of carbonyl (C=O) groups excluding carboxylic acids is 1. The first kappa shape index (κ1) is 20.6. The van der Waals surface area contributed by atoms with Gasteiger partial charge in [-0.15, -0.1) is 0 Å². The second-order valence-corrected chi connectivity index (χ2v) is 13.6. The molecule has 0 aromatic rings. The minimum atomic E-state index is -1.03. The van der Waals surface area contributed by atoms with E-state index < -0.39 is 8.07 Å². The summed E-state index contributed by atoms with van der Waals surface area (Å²) < 4.78 is 17.3. The summed E-state index contributed by atoms with van der Waals surface area (Å²) in [6.07, 6.45) is 2.85. The third kappa shape index (κ3) is 7.74. The highest BCUT2D eigenvalue weighted by atomic mass is 28.3. The predicted octanol–water partition coefficient (Wildman–Crippen LogP) is 3.89. The van der Waals surface area contributed by atoms with Crippen molar-refractivity contribution < 1.29 is 19.0 Å². The molecule has 4 nitrogen and oxygen atoms in total. The van der Waals surface area contributed by atoms with E-state index in [1.54, 1.807) is 0 Å². The summed E-state index contributed by atoms with van der Waals surface area (Å²) in [5.74, 6) is 0.631. The zero-order valence-corrected chi connectivity index (χ0v) is 16.5. The van der Waals surface area contributed by atoms with Crippen LogP contribution in [0.15, 0.2) is 12.2 Å². The third-order valence-corrected chi connectivity index (χ3v) is 6.14. The quantitative estimate of drug-likeness (QED) is 0.199. The zero-order chi connectivity index (χ0) is 17.5. The topological polar surface area (TPSA) is 44.8 Å². The van der Waals surface area contributed by atoms with Crippen molar-refractivity contribution in [3.8, 4) is 0 Å². The van der Waals surface area contributed by atoms with Crippen LogP contribution in [0.4, 0.5) is 0 Å². The lowest BCUT2D eigenvalue weighted by Crippen LogP contribution is -2.39. The number of hydrogen-bond acceptors (Lipinski definition) is 4. The van der Waals surface area contributed by atoms with Gasteiger partial charge in [-0.25, -0.2) is 0 Å². The lowest BCUT2D eigenvalue weighted by molar-refractivity contribution is -0.121. The average Bonchev–Trinajstić information content (AvgIpc) is 2.49. The molecule has 23 heavy (non-hydrogen) atoms. The van der Waals surface area contributed by atoms with E-state index in [0.717, 1.165) is 31.8 Å². The van der Waals surface area contributed by atoms with Crippen molar-refractivity contribution in [3.05, 3.63) is 12.2 Å². The highest BCUT2D eigenvalue weighted by Crippen LogP contribution is 2.31. The summed E-state index contributed by atoms with van der Waals surface area (Å²) >= 11 is 0. The minimum Gasteiger partial charge on any atom is -0.370 e. The van der Waals surface area contributed by atoms with Gasteiger partial charge in [-0.1, -0.05) is 40.1 Å².